The van der Waals surface area contributed by atoms with Crippen molar-refractivity contribution in [2.75, 3.05) is 0 Å². The van der Waals surface area contributed by atoms with Gasteiger partial charge in [0, 0.05) is 24.9 Å². The molecule has 2 aliphatic carbocycles. The van der Waals surface area contributed by atoms with Crippen molar-refractivity contribution in [2.24, 2.45) is 28.7 Å². The number of carboxylic acids is 2. The molecule has 0 bridgehead atoms. The van der Waals surface area contributed by atoms with Crippen molar-refractivity contribution in [3.05, 3.63) is 0 Å². The van der Waals surface area contributed by atoms with Gasteiger partial charge in [-0.2, -0.15) is 0 Å². The first-order valence-electron chi connectivity index (χ1n) is 10.6. The van der Waals surface area contributed by atoms with Crippen molar-refractivity contribution >= 4 is 11.9 Å². The Bertz CT molecular complexity index is 411. The topological polar surface area (TPSA) is 127 Å². The van der Waals surface area contributed by atoms with Crippen molar-refractivity contribution in [1.29, 1.82) is 0 Å². The lowest BCUT2D eigenvalue weighted by Gasteiger charge is -2.46. The molecule has 0 atom stereocenters. The summed E-state index contributed by atoms with van der Waals surface area (Å²) in [6, 6.07) is 0.948. The maximum Gasteiger partial charge on any atom is 0.303 e. The van der Waals surface area contributed by atoms with Crippen LogP contribution in [0.5, 0.6) is 0 Å². The maximum atomic E-state index is 9.90. The highest BCUT2D eigenvalue weighted by Crippen LogP contribution is 2.47. The normalized spacial score (nSPS) is 28.7. The largest absolute Gasteiger partial charge is 0.481 e. The maximum absolute atomic E-state index is 9.90. The van der Waals surface area contributed by atoms with Crippen molar-refractivity contribution < 1.29 is 19.8 Å². The summed E-state index contributed by atoms with van der Waals surface area (Å²) in [5.74, 6) is 0.0408. The van der Waals surface area contributed by atoms with Crippen LogP contribution in [0.2, 0.25) is 0 Å². The average Bonchev–Trinajstić information content (AvgIpc) is 2.60. The van der Waals surface area contributed by atoms with E-state index < -0.39 is 11.9 Å². The molecular weight excluding hydrogens is 344 g/mol. The number of aliphatic carboxylic acids is 2. The van der Waals surface area contributed by atoms with Gasteiger partial charge in [0.15, 0.2) is 0 Å². The Morgan fingerprint density at radius 1 is 0.741 bits per heavy atom. The third kappa shape index (κ3) is 9.06. The van der Waals surface area contributed by atoms with Gasteiger partial charge in [-0.15, -0.1) is 0 Å². The van der Waals surface area contributed by atoms with Gasteiger partial charge < -0.3 is 21.7 Å². The van der Waals surface area contributed by atoms with Crippen LogP contribution < -0.4 is 11.5 Å². The lowest BCUT2D eigenvalue weighted by Crippen LogP contribution is -2.40. The fraction of sp³-hybridized carbons (Fsp3) is 0.905. The molecule has 6 nitrogen and oxygen atoms in total. The number of hydrogen-bond acceptors (Lipinski definition) is 4. The molecule has 0 aromatic heterocycles. The SMILES string of the molecule is CC(C)(C1CCC(N)CC1)C1CCC(N)CC1.O=C(O)CCCCC(=O)O. The van der Waals surface area contributed by atoms with Crippen LogP contribution in [0, 0.1) is 17.3 Å². The Hall–Kier alpha value is -1.14. The first kappa shape index (κ1) is 23.9. The number of carbonyl (C=O) groups is 2. The fourth-order valence-corrected chi connectivity index (χ4v) is 4.61. The summed E-state index contributed by atoms with van der Waals surface area (Å²) < 4.78 is 0. The van der Waals surface area contributed by atoms with Crippen LogP contribution in [0.25, 0.3) is 0 Å². The third-order valence-corrected chi connectivity index (χ3v) is 6.68. The van der Waals surface area contributed by atoms with Gasteiger partial charge in [0.2, 0.25) is 0 Å². The van der Waals surface area contributed by atoms with Gasteiger partial charge in [0.1, 0.15) is 0 Å². The molecule has 6 N–H and O–H groups in total. The van der Waals surface area contributed by atoms with Gasteiger partial charge in [0.25, 0.3) is 0 Å². The molecule has 0 radical (unpaired) electrons. The third-order valence-electron chi connectivity index (χ3n) is 6.68. The van der Waals surface area contributed by atoms with Crippen molar-refractivity contribution in [1.82, 2.24) is 0 Å². The van der Waals surface area contributed by atoms with Crippen LogP contribution in [0.4, 0.5) is 0 Å². The summed E-state index contributed by atoms with van der Waals surface area (Å²) in [6.07, 6.45) is 11.3. The summed E-state index contributed by atoms with van der Waals surface area (Å²) in [5.41, 5.74) is 12.5. The number of hydrogen-bond donors (Lipinski definition) is 4. The highest BCUT2D eigenvalue weighted by molar-refractivity contribution is 5.67. The van der Waals surface area contributed by atoms with Gasteiger partial charge in [0.05, 0.1) is 0 Å². The zero-order valence-corrected chi connectivity index (χ0v) is 17.2. The van der Waals surface area contributed by atoms with E-state index in [-0.39, 0.29) is 12.8 Å². The summed E-state index contributed by atoms with van der Waals surface area (Å²) in [5, 5.41) is 16.3. The highest BCUT2D eigenvalue weighted by Gasteiger charge is 2.39. The first-order chi connectivity index (χ1) is 12.6. The standard InChI is InChI=1S/C15H30N2.C6H10O4/c1-15(2,11-3-7-13(16)8-4-11)12-5-9-14(17)10-6-12;7-5(8)3-1-2-4-6(9)10/h11-14H,3-10,16-17H2,1-2H3;1-4H2,(H,7,8)(H,9,10). The second kappa shape index (κ2) is 11.6. The van der Waals surface area contributed by atoms with Gasteiger partial charge in [-0.25, -0.2) is 0 Å². The van der Waals surface area contributed by atoms with Crippen LogP contribution in [0.1, 0.15) is 90.9 Å². The van der Waals surface area contributed by atoms with Gasteiger partial charge in [-0.1, -0.05) is 13.8 Å². The molecule has 0 saturated heterocycles. The molecule has 2 fully saturated rings. The Balaban J connectivity index is 0.000000314. The molecule has 2 saturated carbocycles. The van der Waals surface area contributed by atoms with E-state index in [1.165, 1.54) is 51.4 Å². The second-order valence-electron chi connectivity index (χ2n) is 9.04. The van der Waals surface area contributed by atoms with Gasteiger partial charge in [-0.05, 0) is 81.5 Å². The lowest BCUT2D eigenvalue weighted by molar-refractivity contribution is -0.139. The average molecular weight is 385 g/mol. The highest BCUT2D eigenvalue weighted by atomic mass is 16.4. The summed E-state index contributed by atoms with van der Waals surface area (Å²) in [4.78, 5) is 19.8. The van der Waals surface area contributed by atoms with E-state index in [0.717, 1.165) is 11.8 Å². The van der Waals surface area contributed by atoms with Crippen LogP contribution in [0.3, 0.4) is 0 Å². The summed E-state index contributed by atoms with van der Waals surface area (Å²) in [6.45, 7) is 4.99. The zero-order chi connectivity index (χ0) is 20.4. The van der Waals surface area contributed by atoms with Crippen LogP contribution in [-0.2, 0) is 9.59 Å². The molecule has 6 heteroatoms. The van der Waals surface area contributed by atoms with E-state index in [1.807, 2.05) is 0 Å². The molecule has 0 unspecified atom stereocenters. The van der Waals surface area contributed by atoms with Gasteiger partial charge >= 0.3 is 11.9 Å². The molecule has 0 heterocycles. The zero-order valence-electron chi connectivity index (χ0n) is 17.2. The lowest BCUT2D eigenvalue weighted by atomic mass is 9.60. The molecule has 0 spiro atoms. The second-order valence-corrected chi connectivity index (χ2v) is 9.04. The number of nitrogens with two attached hydrogens (primary N) is 2. The Morgan fingerprint density at radius 3 is 1.30 bits per heavy atom. The van der Waals surface area contributed by atoms with E-state index in [9.17, 15) is 9.59 Å². The molecule has 0 amide bonds. The minimum Gasteiger partial charge on any atom is -0.481 e. The van der Waals surface area contributed by atoms with Crippen molar-refractivity contribution in [3.63, 3.8) is 0 Å². The molecule has 0 aromatic carbocycles. The number of carboxylic acid groups (broad SMARTS) is 2. The summed E-state index contributed by atoms with van der Waals surface area (Å²) >= 11 is 0. The Labute approximate surface area is 164 Å². The fourth-order valence-electron chi connectivity index (χ4n) is 4.61. The molecule has 27 heavy (non-hydrogen) atoms. The molecule has 0 aliphatic heterocycles. The predicted molar refractivity (Wildman–Crippen MR) is 107 cm³/mol. The van der Waals surface area contributed by atoms with E-state index in [1.54, 1.807) is 0 Å². The number of rotatable bonds is 7. The predicted octanol–water partition coefficient (Wildman–Crippen LogP) is 3.76. The van der Waals surface area contributed by atoms with E-state index in [0.29, 0.717) is 30.3 Å². The number of unbranched alkanes of at least 4 members (excludes halogenated alkanes) is 1. The molecule has 2 aliphatic rings. The van der Waals surface area contributed by atoms with Crippen molar-refractivity contribution in [2.45, 2.75) is 103 Å². The minimum atomic E-state index is -0.870. The molecule has 0 aromatic rings. The van der Waals surface area contributed by atoms with E-state index in [2.05, 4.69) is 13.8 Å². The van der Waals surface area contributed by atoms with E-state index in [4.69, 9.17) is 21.7 Å². The summed E-state index contributed by atoms with van der Waals surface area (Å²) in [7, 11) is 0. The monoisotopic (exact) mass is 384 g/mol. The van der Waals surface area contributed by atoms with E-state index >= 15 is 0 Å². The van der Waals surface area contributed by atoms with Gasteiger partial charge in [-0.3, -0.25) is 9.59 Å². The Morgan fingerprint density at radius 2 is 1.04 bits per heavy atom. The smallest absolute Gasteiger partial charge is 0.303 e. The quantitative estimate of drug-likeness (QED) is 0.495. The molecule has 2 rings (SSSR count). The van der Waals surface area contributed by atoms with Crippen LogP contribution >= 0.6 is 0 Å². The minimum absolute atomic E-state index is 0.0628. The van der Waals surface area contributed by atoms with Crippen LogP contribution in [0.15, 0.2) is 0 Å². The Kier molecular flexibility index (Phi) is 10.3. The van der Waals surface area contributed by atoms with Crippen LogP contribution in [-0.4, -0.2) is 34.2 Å². The first-order valence-corrected chi connectivity index (χ1v) is 10.6. The molecule has 158 valence electrons. The molecular formula is C21H40N2O4. The van der Waals surface area contributed by atoms with Crippen molar-refractivity contribution in [3.8, 4) is 0 Å².